The predicted octanol–water partition coefficient (Wildman–Crippen LogP) is 3.51. The van der Waals surface area contributed by atoms with Crippen molar-refractivity contribution in [2.75, 3.05) is 25.0 Å². The molecule has 0 unspecified atom stereocenters. The molecule has 0 spiro atoms. The van der Waals surface area contributed by atoms with Crippen LogP contribution < -0.4 is 11.1 Å². The number of nitrogens with two attached hydrogens (primary N) is 1. The lowest BCUT2D eigenvalue weighted by molar-refractivity contribution is -0.128. The van der Waals surface area contributed by atoms with Crippen molar-refractivity contribution in [3.63, 3.8) is 0 Å². The molecule has 1 saturated heterocycles. The molecule has 2 aromatic carbocycles. The number of carbonyl (C=O) groups excluding carboxylic acids is 1. The van der Waals surface area contributed by atoms with Crippen molar-refractivity contribution < 1.29 is 4.79 Å². The molecule has 0 radical (unpaired) electrons. The Kier molecular flexibility index (Phi) is 8.41. The van der Waals surface area contributed by atoms with E-state index in [1.807, 2.05) is 29.2 Å². The summed E-state index contributed by atoms with van der Waals surface area (Å²) >= 11 is 0. The van der Waals surface area contributed by atoms with Gasteiger partial charge in [-0.2, -0.15) is 0 Å². The summed E-state index contributed by atoms with van der Waals surface area (Å²) in [4.78, 5) is 14.4. The van der Waals surface area contributed by atoms with Crippen LogP contribution in [0.3, 0.4) is 0 Å². The number of nitrogens with zero attached hydrogens (tertiary/aromatic N) is 1. The molecule has 26 heavy (non-hydrogen) atoms. The Balaban J connectivity index is 0.00000169. The van der Waals surface area contributed by atoms with Gasteiger partial charge in [0.05, 0.1) is 6.54 Å². The summed E-state index contributed by atoms with van der Waals surface area (Å²) < 4.78 is 0. The van der Waals surface area contributed by atoms with E-state index in [-0.39, 0.29) is 42.7 Å². The van der Waals surface area contributed by atoms with Gasteiger partial charge in [-0.1, -0.05) is 48.5 Å². The number of anilines is 1. The van der Waals surface area contributed by atoms with Gasteiger partial charge >= 0.3 is 0 Å². The molecule has 4 nitrogen and oxygen atoms in total. The smallest absolute Gasteiger partial charge is 0.241 e. The maximum absolute atomic E-state index is 12.6. The number of hydrogen-bond donors (Lipinski definition) is 2. The number of hydrogen-bond acceptors (Lipinski definition) is 3. The van der Waals surface area contributed by atoms with Gasteiger partial charge in [-0.05, 0) is 30.5 Å². The monoisotopic (exact) mass is 395 g/mol. The van der Waals surface area contributed by atoms with Crippen molar-refractivity contribution in [3.8, 4) is 0 Å². The maximum atomic E-state index is 12.6. The normalized spacial score (nSPS) is 18.7. The Labute approximate surface area is 168 Å². The van der Waals surface area contributed by atoms with Gasteiger partial charge in [-0.25, -0.2) is 0 Å². The number of nitrogens with one attached hydrogen (secondary N) is 1. The molecule has 1 fully saturated rings. The average molecular weight is 396 g/mol. The summed E-state index contributed by atoms with van der Waals surface area (Å²) in [5, 5.41) is 3.30. The second-order valence-corrected chi connectivity index (χ2v) is 6.60. The summed E-state index contributed by atoms with van der Waals surface area (Å²) in [7, 11) is 0. The minimum Gasteiger partial charge on any atom is -0.376 e. The molecule has 6 heteroatoms. The van der Waals surface area contributed by atoms with Gasteiger partial charge in [-0.3, -0.25) is 4.79 Å². The van der Waals surface area contributed by atoms with Crippen molar-refractivity contribution in [3.05, 3.63) is 65.2 Å². The maximum Gasteiger partial charge on any atom is 0.241 e. The lowest BCUT2D eigenvalue weighted by Gasteiger charge is -2.18. The number of carbonyl (C=O) groups is 1. The molecule has 1 aliphatic rings. The number of para-hydroxylation sites is 1. The highest BCUT2D eigenvalue weighted by Crippen LogP contribution is 2.26. The van der Waals surface area contributed by atoms with Crippen LogP contribution in [0, 0.1) is 13.8 Å². The van der Waals surface area contributed by atoms with Crippen LogP contribution in [0.2, 0.25) is 0 Å². The van der Waals surface area contributed by atoms with Crippen LogP contribution in [0.5, 0.6) is 0 Å². The standard InChI is InChI=1S/C20H25N3O.2ClH/c1-14-7-6-8-15(2)20(14)22-11-19(24)23-12-17(18(21)13-23)16-9-4-3-5-10-16;;/h3-10,17-18,22H,11-13,21H2,1-2H3;2*1H/t17-,18+;;/m0../s1. The van der Waals surface area contributed by atoms with E-state index in [9.17, 15) is 4.79 Å². The molecule has 0 bridgehead atoms. The molecule has 3 N–H and O–H groups in total. The minimum atomic E-state index is -0.00320. The Morgan fingerprint density at radius 1 is 1.04 bits per heavy atom. The minimum absolute atomic E-state index is 0. The zero-order chi connectivity index (χ0) is 17.1. The summed E-state index contributed by atoms with van der Waals surface area (Å²) in [5.74, 6) is 0.321. The highest BCUT2D eigenvalue weighted by Gasteiger charge is 2.33. The van der Waals surface area contributed by atoms with Crippen molar-refractivity contribution in [1.82, 2.24) is 4.90 Å². The average Bonchev–Trinajstić information content (AvgIpc) is 2.97. The van der Waals surface area contributed by atoms with Crippen LogP contribution in [-0.2, 0) is 4.79 Å². The number of amides is 1. The molecule has 3 rings (SSSR count). The first-order chi connectivity index (χ1) is 11.6. The van der Waals surface area contributed by atoms with Gasteiger partial charge in [0.2, 0.25) is 5.91 Å². The Bertz CT molecular complexity index is 704. The summed E-state index contributed by atoms with van der Waals surface area (Å²) in [6.45, 7) is 5.72. The lowest BCUT2D eigenvalue weighted by atomic mass is 9.95. The molecule has 1 amide bonds. The zero-order valence-corrected chi connectivity index (χ0v) is 16.8. The van der Waals surface area contributed by atoms with Crippen LogP contribution in [-0.4, -0.2) is 36.5 Å². The largest absolute Gasteiger partial charge is 0.376 e. The van der Waals surface area contributed by atoms with E-state index in [1.54, 1.807) is 0 Å². The molecular weight excluding hydrogens is 369 g/mol. The van der Waals surface area contributed by atoms with E-state index in [1.165, 1.54) is 5.56 Å². The predicted molar refractivity (Wildman–Crippen MR) is 113 cm³/mol. The van der Waals surface area contributed by atoms with Crippen molar-refractivity contribution in [2.24, 2.45) is 5.73 Å². The van der Waals surface area contributed by atoms with Crippen LogP contribution >= 0.6 is 24.8 Å². The van der Waals surface area contributed by atoms with Gasteiger partial charge in [0.1, 0.15) is 0 Å². The Morgan fingerprint density at radius 2 is 1.65 bits per heavy atom. The van der Waals surface area contributed by atoms with Crippen LogP contribution in [0.4, 0.5) is 5.69 Å². The first-order valence-corrected chi connectivity index (χ1v) is 8.44. The second-order valence-electron chi connectivity index (χ2n) is 6.60. The fourth-order valence-corrected chi connectivity index (χ4v) is 3.45. The molecular formula is C20H27Cl2N3O. The second kappa shape index (κ2) is 9.81. The molecule has 2 atom stereocenters. The van der Waals surface area contributed by atoms with Gasteiger partial charge in [0, 0.05) is 30.7 Å². The third-order valence-corrected chi connectivity index (χ3v) is 4.84. The number of halogens is 2. The van der Waals surface area contributed by atoms with Gasteiger partial charge in [0.25, 0.3) is 0 Å². The summed E-state index contributed by atoms with van der Waals surface area (Å²) in [6, 6.07) is 16.4. The van der Waals surface area contributed by atoms with E-state index in [2.05, 4.69) is 43.4 Å². The summed E-state index contributed by atoms with van der Waals surface area (Å²) in [5.41, 5.74) is 10.9. The van der Waals surface area contributed by atoms with Crippen molar-refractivity contribution in [2.45, 2.75) is 25.8 Å². The highest BCUT2D eigenvalue weighted by molar-refractivity contribution is 5.85. The summed E-state index contributed by atoms with van der Waals surface area (Å²) in [6.07, 6.45) is 0. The van der Waals surface area contributed by atoms with E-state index in [0.717, 1.165) is 16.8 Å². The molecule has 0 saturated carbocycles. The fraction of sp³-hybridized carbons (Fsp3) is 0.350. The number of benzene rings is 2. The van der Waals surface area contributed by atoms with Crippen LogP contribution in [0.15, 0.2) is 48.5 Å². The zero-order valence-electron chi connectivity index (χ0n) is 15.1. The molecule has 142 valence electrons. The Morgan fingerprint density at radius 3 is 2.27 bits per heavy atom. The first-order valence-electron chi connectivity index (χ1n) is 8.44. The fourth-order valence-electron chi connectivity index (χ4n) is 3.45. The lowest BCUT2D eigenvalue weighted by Crippen LogP contribution is -2.35. The molecule has 0 aliphatic carbocycles. The van der Waals surface area contributed by atoms with Crippen molar-refractivity contribution >= 4 is 36.4 Å². The number of rotatable bonds is 4. The quantitative estimate of drug-likeness (QED) is 0.832. The number of likely N-dealkylation sites (tertiary alicyclic amines) is 1. The number of aryl methyl sites for hydroxylation is 2. The van der Waals surface area contributed by atoms with Gasteiger partial charge in [0.15, 0.2) is 0 Å². The third kappa shape index (κ3) is 4.91. The van der Waals surface area contributed by atoms with E-state index < -0.39 is 0 Å². The molecule has 0 aromatic heterocycles. The van der Waals surface area contributed by atoms with Gasteiger partial charge < -0.3 is 16.0 Å². The third-order valence-electron chi connectivity index (χ3n) is 4.84. The molecule has 1 aliphatic heterocycles. The van der Waals surface area contributed by atoms with E-state index >= 15 is 0 Å². The van der Waals surface area contributed by atoms with Gasteiger partial charge in [-0.15, -0.1) is 24.8 Å². The highest BCUT2D eigenvalue weighted by atomic mass is 35.5. The van der Waals surface area contributed by atoms with Crippen LogP contribution in [0.25, 0.3) is 0 Å². The molecule has 2 aromatic rings. The van der Waals surface area contributed by atoms with Crippen molar-refractivity contribution in [1.29, 1.82) is 0 Å². The molecule has 1 heterocycles. The first kappa shape index (κ1) is 22.3. The van der Waals surface area contributed by atoms with Crippen LogP contribution in [0.1, 0.15) is 22.6 Å². The SMILES string of the molecule is Cc1cccc(C)c1NCC(=O)N1C[C@@H](N)[C@H](c2ccccc2)C1.Cl.Cl. The topological polar surface area (TPSA) is 58.4 Å². The van der Waals surface area contributed by atoms with E-state index in [4.69, 9.17) is 5.73 Å². The van der Waals surface area contributed by atoms with E-state index in [0.29, 0.717) is 19.6 Å². The Hall–Kier alpha value is -1.75.